The standard InChI is InChI=1S/C55H40N2S/c1-37-13-11-20-49-54-48(19-12-24-53(54)58-55(37)49)47-18-7-8-21-50(47)56(42-31-25-39(26-32-42)38-14-3-2-4-15-38)43-33-27-40(28-34-43)41-29-35-44(36-30-41)57-51-22-9-5-16-45(51)46-17-6-10-23-52(46)57/h2-12,14-37H,13H2,1H3. The zero-order valence-corrected chi connectivity index (χ0v) is 33.0. The van der Waals surface area contributed by atoms with Crippen molar-refractivity contribution in [2.24, 2.45) is 0 Å². The Bertz CT molecular complexity index is 3080. The summed E-state index contributed by atoms with van der Waals surface area (Å²) >= 11 is 1.96. The first kappa shape index (κ1) is 34.3. The van der Waals surface area contributed by atoms with Crippen molar-refractivity contribution in [3.63, 3.8) is 0 Å². The molecule has 0 saturated carbocycles. The third kappa shape index (κ3) is 5.78. The number of rotatable bonds is 7. The van der Waals surface area contributed by atoms with Crippen LogP contribution in [0.25, 0.3) is 77.0 Å². The fourth-order valence-electron chi connectivity index (χ4n) is 9.01. The van der Waals surface area contributed by atoms with Crippen molar-refractivity contribution in [3.05, 3.63) is 211 Å². The lowest BCUT2D eigenvalue weighted by Gasteiger charge is -2.28. The lowest BCUT2D eigenvalue weighted by atomic mass is 9.91. The second-order valence-corrected chi connectivity index (χ2v) is 16.4. The van der Waals surface area contributed by atoms with Gasteiger partial charge in [0.15, 0.2) is 0 Å². The highest BCUT2D eigenvalue weighted by molar-refractivity contribution is 7.19. The molecule has 3 heteroatoms. The molecule has 58 heavy (non-hydrogen) atoms. The second kappa shape index (κ2) is 14.2. The molecule has 0 spiro atoms. The summed E-state index contributed by atoms with van der Waals surface area (Å²) in [6, 6.07) is 70.8. The van der Waals surface area contributed by atoms with Gasteiger partial charge in [-0.05, 0) is 106 Å². The quantitative estimate of drug-likeness (QED) is 0.157. The number of thiophene rings is 1. The number of nitrogens with zero attached hydrogens (tertiary/aromatic N) is 2. The highest BCUT2D eigenvalue weighted by Gasteiger charge is 2.24. The number of benzene rings is 8. The Hall–Kier alpha value is -6.94. The van der Waals surface area contributed by atoms with E-state index in [9.17, 15) is 0 Å². The van der Waals surface area contributed by atoms with Crippen molar-refractivity contribution >= 4 is 66.4 Å². The maximum absolute atomic E-state index is 2.43. The minimum atomic E-state index is 0.531. The topological polar surface area (TPSA) is 8.17 Å². The molecule has 11 rings (SSSR count). The molecule has 0 bridgehead atoms. The highest BCUT2D eigenvalue weighted by atomic mass is 32.1. The van der Waals surface area contributed by atoms with Crippen LogP contribution < -0.4 is 4.90 Å². The number of hydrogen-bond donors (Lipinski definition) is 0. The molecular formula is C55H40N2S. The molecule has 0 fully saturated rings. The van der Waals surface area contributed by atoms with Crippen LogP contribution in [-0.2, 0) is 0 Å². The molecule has 2 heterocycles. The Morgan fingerprint density at radius 3 is 1.69 bits per heavy atom. The van der Waals surface area contributed by atoms with Crippen LogP contribution in [0.5, 0.6) is 0 Å². The minimum Gasteiger partial charge on any atom is -0.310 e. The van der Waals surface area contributed by atoms with Gasteiger partial charge in [-0.2, -0.15) is 0 Å². The molecule has 2 nitrogen and oxygen atoms in total. The Balaban J connectivity index is 1.01. The van der Waals surface area contributed by atoms with E-state index in [1.807, 2.05) is 11.3 Å². The molecule has 1 unspecified atom stereocenters. The van der Waals surface area contributed by atoms with Crippen molar-refractivity contribution in [2.75, 3.05) is 4.90 Å². The molecule has 8 aromatic carbocycles. The summed E-state index contributed by atoms with van der Waals surface area (Å²) in [5, 5.41) is 3.91. The number of fused-ring (bicyclic) bond motifs is 6. The van der Waals surface area contributed by atoms with Gasteiger partial charge in [0.05, 0.1) is 16.7 Å². The summed E-state index contributed by atoms with van der Waals surface area (Å²) in [6.45, 7) is 2.36. The van der Waals surface area contributed by atoms with Crippen LogP contribution in [0, 0.1) is 0 Å². The van der Waals surface area contributed by atoms with Crippen LogP contribution in [-0.4, -0.2) is 4.57 Å². The van der Waals surface area contributed by atoms with Crippen LogP contribution in [0.2, 0.25) is 0 Å². The normalized spacial score (nSPS) is 13.6. The third-order valence-corrected chi connectivity index (χ3v) is 13.2. The van der Waals surface area contributed by atoms with Gasteiger partial charge in [-0.3, -0.25) is 0 Å². The first-order valence-corrected chi connectivity index (χ1v) is 21.0. The van der Waals surface area contributed by atoms with Crippen molar-refractivity contribution in [3.8, 4) is 39.1 Å². The fourth-order valence-corrected chi connectivity index (χ4v) is 10.3. The zero-order chi connectivity index (χ0) is 38.6. The van der Waals surface area contributed by atoms with E-state index in [2.05, 4.69) is 223 Å². The summed E-state index contributed by atoms with van der Waals surface area (Å²) in [5.74, 6) is 0.531. The van der Waals surface area contributed by atoms with Crippen LogP contribution >= 0.6 is 11.3 Å². The molecular weight excluding hydrogens is 721 g/mol. The Morgan fingerprint density at radius 2 is 1.03 bits per heavy atom. The average molecular weight is 761 g/mol. The Labute approximate surface area is 343 Å². The van der Waals surface area contributed by atoms with Gasteiger partial charge in [0.25, 0.3) is 0 Å². The third-order valence-electron chi connectivity index (χ3n) is 11.8. The predicted molar refractivity (Wildman–Crippen MR) is 249 cm³/mol. The van der Waals surface area contributed by atoms with E-state index >= 15 is 0 Å². The molecule has 1 aliphatic rings. The zero-order valence-electron chi connectivity index (χ0n) is 32.2. The number of para-hydroxylation sites is 3. The van der Waals surface area contributed by atoms with Gasteiger partial charge in [0.1, 0.15) is 0 Å². The van der Waals surface area contributed by atoms with Crippen LogP contribution in [0.1, 0.15) is 29.7 Å². The van der Waals surface area contributed by atoms with E-state index in [1.54, 1.807) is 0 Å². The molecule has 0 aliphatic heterocycles. The molecule has 276 valence electrons. The number of allylic oxidation sites excluding steroid dienone is 1. The second-order valence-electron chi connectivity index (χ2n) is 15.3. The molecule has 1 aliphatic carbocycles. The van der Waals surface area contributed by atoms with E-state index < -0.39 is 0 Å². The number of hydrogen-bond acceptors (Lipinski definition) is 2. The van der Waals surface area contributed by atoms with E-state index in [1.165, 1.54) is 75.7 Å². The maximum atomic E-state index is 2.43. The monoisotopic (exact) mass is 760 g/mol. The highest BCUT2D eigenvalue weighted by Crippen LogP contribution is 2.48. The van der Waals surface area contributed by atoms with E-state index in [0.717, 1.165) is 29.2 Å². The molecule has 2 aromatic heterocycles. The first-order valence-electron chi connectivity index (χ1n) is 20.2. The van der Waals surface area contributed by atoms with Crippen LogP contribution in [0.3, 0.4) is 0 Å². The molecule has 0 saturated heterocycles. The van der Waals surface area contributed by atoms with Crippen molar-refractivity contribution in [2.45, 2.75) is 19.3 Å². The summed E-state index contributed by atoms with van der Waals surface area (Å²) in [6.07, 6.45) is 5.80. The average Bonchev–Trinajstić information content (AvgIpc) is 3.85. The molecule has 10 aromatic rings. The van der Waals surface area contributed by atoms with E-state index in [0.29, 0.717) is 5.92 Å². The number of anilines is 3. The summed E-state index contributed by atoms with van der Waals surface area (Å²) < 4.78 is 3.72. The molecule has 0 amide bonds. The first-order chi connectivity index (χ1) is 28.7. The molecule has 0 N–H and O–H groups in total. The Morgan fingerprint density at radius 1 is 0.500 bits per heavy atom. The van der Waals surface area contributed by atoms with Gasteiger partial charge in [0.2, 0.25) is 0 Å². The molecule has 0 radical (unpaired) electrons. The lowest BCUT2D eigenvalue weighted by molar-refractivity contribution is 0.791. The summed E-state index contributed by atoms with van der Waals surface area (Å²) in [5.41, 5.74) is 15.6. The van der Waals surface area contributed by atoms with Crippen LogP contribution in [0.4, 0.5) is 17.1 Å². The SMILES string of the molecule is CC1CC=Cc2c1sc1cccc(-c3ccccc3N(c3ccc(-c4ccccc4)cc3)c3ccc(-c4ccc(-n5c6ccccc6c6ccccc65)cc4)cc3)c21. The van der Waals surface area contributed by atoms with Gasteiger partial charge in [-0.25, -0.2) is 0 Å². The summed E-state index contributed by atoms with van der Waals surface area (Å²) in [4.78, 5) is 3.92. The van der Waals surface area contributed by atoms with Crippen LogP contribution in [0.15, 0.2) is 200 Å². The lowest BCUT2D eigenvalue weighted by Crippen LogP contribution is -2.11. The van der Waals surface area contributed by atoms with Gasteiger partial charge in [-0.15, -0.1) is 11.3 Å². The summed E-state index contributed by atoms with van der Waals surface area (Å²) in [7, 11) is 0. The Kier molecular flexibility index (Phi) is 8.41. The van der Waals surface area contributed by atoms with E-state index in [4.69, 9.17) is 0 Å². The molecule has 1 atom stereocenters. The smallest absolute Gasteiger partial charge is 0.0541 e. The predicted octanol–water partition coefficient (Wildman–Crippen LogP) is 16.0. The van der Waals surface area contributed by atoms with Crippen molar-refractivity contribution in [1.29, 1.82) is 0 Å². The van der Waals surface area contributed by atoms with Gasteiger partial charge < -0.3 is 9.47 Å². The minimum absolute atomic E-state index is 0.531. The van der Waals surface area contributed by atoms with Gasteiger partial charge in [0, 0.05) is 48.4 Å². The van der Waals surface area contributed by atoms with Crippen molar-refractivity contribution < 1.29 is 0 Å². The van der Waals surface area contributed by atoms with E-state index in [-0.39, 0.29) is 0 Å². The maximum Gasteiger partial charge on any atom is 0.0541 e. The fraction of sp³-hybridized carbons (Fsp3) is 0.0545. The largest absolute Gasteiger partial charge is 0.310 e. The van der Waals surface area contributed by atoms with Crippen molar-refractivity contribution in [1.82, 2.24) is 4.57 Å². The van der Waals surface area contributed by atoms with Gasteiger partial charge >= 0.3 is 0 Å². The van der Waals surface area contributed by atoms with Gasteiger partial charge in [-0.1, -0.05) is 153 Å². The number of aromatic nitrogens is 1.